The van der Waals surface area contributed by atoms with Crippen molar-refractivity contribution < 1.29 is 0 Å². The summed E-state index contributed by atoms with van der Waals surface area (Å²) in [5, 5.41) is 0.737. The Morgan fingerprint density at radius 2 is 1.48 bits per heavy atom. The van der Waals surface area contributed by atoms with E-state index in [0.29, 0.717) is 0 Å². The molecule has 0 amide bonds. The van der Waals surface area contributed by atoms with Gasteiger partial charge in [0.05, 0.1) is 21.6 Å². The summed E-state index contributed by atoms with van der Waals surface area (Å²) in [4.78, 5) is 5.97. The second kappa shape index (κ2) is 5.73. The Labute approximate surface area is 154 Å². The molecule has 2 heterocycles. The molecular weight excluding hydrogens is 348 g/mol. The number of aromatic nitrogens is 2. The van der Waals surface area contributed by atoms with E-state index in [4.69, 9.17) is 16.6 Å². The average Bonchev–Trinajstić information content (AvgIpc) is 3.19. The lowest BCUT2D eigenvalue weighted by Crippen LogP contribution is -1.89. The van der Waals surface area contributed by atoms with Crippen LogP contribution in [0.15, 0.2) is 78.9 Å². The van der Waals surface area contributed by atoms with E-state index >= 15 is 0 Å². The summed E-state index contributed by atoms with van der Waals surface area (Å²) in [7, 11) is 0. The zero-order valence-corrected chi connectivity index (χ0v) is 14.8. The van der Waals surface area contributed by atoms with E-state index in [-0.39, 0.29) is 0 Å². The van der Waals surface area contributed by atoms with Crippen molar-refractivity contribution in [2.24, 2.45) is 0 Å². The van der Waals surface area contributed by atoms with E-state index in [2.05, 4.69) is 52.9 Å². The molecule has 120 valence electrons. The largest absolute Gasteiger partial charge is 0.282 e. The fourth-order valence-electron chi connectivity index (χ4n) is 3.19. The van der Waals surface area contributed by atoms with Gasteiger partial charge < -0.3 is 0 Å². The summed E-state index contributed by atoms with van der Waals surface area (Å²) in [5.41, 5.74) is 5.52. The molecule has 0 N–H and O–H groups in total. The van der Waals surface area contributed by atoms with Crippen LogP contribution in [0.4, 0.5) is 0 Å². The lowest BCUT2D eigenvalue weighted by atomic mass is 10.0. The van der Waals surface area contributed by atoms with E-state index < -0.39 is 0 Å². The minimum absolute atomic E-state index is 0.737. The Morgan fingerprint density at radius 1 is 0.760 bits per heavy atom. The molecule has 0 saturated carbocycles. The number of nitrogens with zero attached hydrogens (tertiary/aromatic N) is 2. The van der Waals surface area contributed by atoms with Crippen molar-refractivity contribution in [2.45, 2.75) is 0 Å². The van der Waals surface area contributed by atoms with E-state index in [1.165, 1.54) is 10.2 Å². The Balaban J connectivity index is 1.91. The number of thiazole rings is 1. The number of halogens is 1. The van der Waals surface area contributed by atoms with Crippen molar-refractivity contribution in [3.05, 3.63) is 83.9 Å². The highest BCUT2D eigenvalue weighted by Gasteiger charge is 2.19. The van der Waals surface area contributed by atoms with Gasteiger partial charge in [0, 0.05) is 16.1 Å². The van der Waals surface area contributed by atoms with Gasteiger partial charge in [-0.3, -0.25) is 4.40 Å². The third-order valence-corrected chi connectivity index (χ3v) is 5.59. The first-order valence-electron chi connectivity index (χ1n) is 8.02. The standard InChI is InChI=1S/C21H13ClN2S/c22-16-12-10-15(11-13-16)20-19(14-6-2-1-3-7-14)23-21-24(20)17-8-4-5-9-18(17)25-21/h1-13H. The summed E-state index contributed by atoms with van der Waals surface area (Å²) in [5.74, 6) is 0. The molecule has 0 fully saturated rings. The average molecular weight is 361 g/mol. The minimum atomic E-state index is 0.737. The third kappa shape index (κ3) is 2.36. The SMILES string of the molecule is Clc1ccc(-c2c(-c3ccccc3)nc3sc4ccccc4n23)cc1. The highest BCUT2D eigenvalue weighted by molar-refractivity contribution is 7.23. The van der Waals surface area contributed by atoms with Gasteiger partial charge in [-0.2, -0.15) is 0 Å². The van der Waals surface area contributed by atoms with E-state index in [1.807, 2.05) is 30.3 Å². The molecule has 0 radical (unpaired) electrons. The van der Waals surface area contributed by atoms with Crippen LogP contribution >= 0.6 is 22.9 Å². The Kier molecular flexibility index (Phi) is 3.37. The van der Waals surface area contributed by atoms with E-state index in [1.54, 1.807) is 11.3 Å². The molecule has 2 aromatic heterocycles. The van der Waals surface area contributed by atoms with Gasteiger partial charge in [-0.05, 0) is 24.3 Å². The topological polar surface area (TPSA) is 17.3 Å². The van der Waals surface area contributed by atoms with E-state index in [0.717, 1.165) is 32.5 Å². The number of fused-ring (bicyclic) bond motifs is 3. The zero-order chi connectivity index (χ0) is 16.8. The van der Waals surface area contributed by atoms with Crippen LogP contribution in [-0.4, -0.2) is 9.38 Å². The van der Waals surface area contributed by atoms with Crippen LogP contribution in [0.2, 0.25) is 5.02 Å². The van der Waals surface area contributed by atoms with Gasteiger partial charge in [0.1, 0.15) is 0 Å². The van der Waals surface area contributed by atoms with Gasteiger partial charge in [-0.1, -0.05) is 77.5 Å². The van der Waals surface area contributed by atoms with Gasteiger partial charge >= 0.3 is 0 Å². The molecular formula is C21H13ClN2S. The van der Waals surface area contributed by atoms with Crippen molar-refractivity contribution in [1.82, 2.24) is 9.38 Å². The summed E-state index contributed by atoms with van der Waals surface area (Å²) in [6.45, 7) is 0. The Morgan fingerprint density at radius 3 is 2.28 bits per heavy atom. The number of imidazole rings is 1. The molecule has 0 atom stereocenters. The van der Waals surface area contributed by atoms with E-state index in [9.17, 15) is 0 Å². The van der Waals surface area contributed by atoms with Crippen molar-refractivity contribution in [2.75, 3.05) is 0 Å². The second-order valence-electron chi connectivity index (χ2n) is 5.87. The van der Waals surface area contributed by atoms with Crippen molar-refractivity contribution in [3.8, 4) is 22.5 Å². The number of hydrogen-bond acceptors (Lipinski definition) is 2. The normalized spacial score (nSPS) is 11.4. The fraction of sp³-hybridized carbons (Fsp3) is 0. The Bertz CT molecular complexity index is 1190. The van der Waals surface area contributed by atoms with Gasteiger partial charge in [0.15, 0.2) is 4.96 Å². The summed E-state index contributed by atoms with van der Waals surface area (Å²) in [6, 6.07) is 26.7. The molecule has 5 rings (SSSR count). The van der Waals surface area contributed by atoms with Gasteiger partial charge in [0.25, 0.3) is 0 Å². The minimum Gasteiger partial charge on any atom is -0.282 e. The fourth-order valence-corrected chi connectivity index (χ4v) is 4.34. The van der Waals surface area contributed by atoms with Gasteiger partial charge in [0.2, 0.25) is 0 Å². The predicted molar refractivity (Wildman–Crippen MR) is 106 cm³/mol. The lowest BCUT2D eigenvalue weighted by Gasteiger charge is -2.06. The molecule has 0 aliphatic heterocycles. The van der Waals surface area contributed by atoms with Crippen LogP contribution in [0, 0.1) is 0 Å². The molecule has 0 saturated heterocycles. The summed E-state index contributed by atoms with van der Waals surface area (Å²) < 4.78 is 3.49. The Hall–Kier alpha value is -2.62. The monoisotopic (exact) mass is 360 g/mol. The molecule has 25 heavy (non-hydrogen) atoms. The maximum atomic E-state index is 6.10. The molecule has 4 heteroatoms. The van der Waals surface area contributed by atoms with Crippen LogP contribution in [-0.2, 0) is 0 Å². The number of para-hydroxylation sites is 1. The highest BCUT2D eigenvalue weighted by atomic mass is 35.5. The number of hydrogen-bond donors (Lipinski definition) is 0. The lowest BCUT2D eigenvalue weighted by molar-refractivity contribution is 1.30. The van der Waals surface area contributed by atoms with Gasteiger partial charge in [-0.25, -0.2) is 4.98 Å². The van der Waals surface area contributed by atoms with Crippen LogP contribution < -0.4 is 0 Å². The molecule has 0 bridgehead atoms. The van der Waals surface area contributed by atoms with Crippen LogP contribution in [0.1, 0.15) is 0 Å². The van der Waals surface area contributed by atoms with Crippen LogP contribution in [0.25, 0.3) is 37.7 Å². The first-order valence-corrected chi connectivity index (χ1v) is 9.22. The van der Waals surface area contributed by atoms with Gasteiger partial charge in [-0.15, -0.1) is 0 Å². The first kappa shape index (κ1) is 14.7. The quantitative estimate of drug-likeness (QED) is 0.349. The molecule has 0 spiro atoms. The number of benzene rings is 3. The smallest absolute Gasteiger partial charge is 0.195 e. The maximum Gasteiger partial charge on any atom is 0.195 e. The number of rotatable bonds is 2. The molecule has 3 aromatic carbocycles. The molecule has 0 unspecified atom stereocenters. The summed E-state index contributed by atoms with van der Waals surface area (Å²) in [6.07, 6.45) is 0. The maximum absolute atomic E-state index is 6.10. The van der Waals surface area contributed by atoms with Crippen LogP contribution in [0.5, 0.6) is 0 Å². The third-order valence-electron chi connectivity index (χ3n) is 4.32. The molecule has 2 nitrogen and oxygen atoms in total. The van der Waals surface area contributed by atoms with Crippen LogP contribution in [0.3, 0.4) is 0 Å². The molecule has 0 aliphatic carbocycles. The predicted octanol–water partition coefficient (Wildman–Crippen LogP) is 6.54. The van der Waals surface area contributed by atoms with Crippen molar-refractivity contribution in [1.29, 1.82) is 0 Å². The van der Waals surface area contributed by atoms with Crippen molar-refractivity contribution in [3.63, 3.8) is 0 Å². The highest BCUT2D eigenvalue weighted by Crippen LogP contribution is 2.38. The zero-order valence-electron chi connectivity index (χ0n) is 13.2. The summed E-state index contributed by atoms with van der Waals surface area (Å²) >= 11 is 7.82. The molecule has 0 aliphatic rings. The first-order chi connectivity index (χ1) is 12.3. The van der Waals surface area contributed by atoms with Crippen molar-refractivity contribution >= 4 is 38.1 Å². The molecule has 5 aromatic rings. The second-order valence-corrected chi connectivity index (χ2v) is 7.32.